The van der Waals surface area contributed by atoms with Crippen molar-refractivity contribution >= 4 is 23.5 Å². The van der Waals surface area contributed by atoms with E-state index in [4.69, 9.17) is 13.8 Å². The van der Waals surface area contributed by atoms with Gasteiger partial charge in [-0.25, -0.2) is 14.3 Å². The van der Waals surface area contributed by atoms with E-state index in [0.717, 1.165) is 12.0 Å². The first-order valence-electron chi connectivity index (χ1n) is 7.63. The predicted molar refractivity (Wildman–Crippen MR) is 92.6 cm³/mol. The molecule has 7 nitrogen and oxygen atoms in total. The van der Waals surface area contributed by atoms with Crippen LogP contribution in [0, 0.1) is 5.82 Å². The summed E-state index contributed by atoms with van der Waals surface area (Å²) in [5.41, 5.74) is 0.233. The van der Waals surface area contributed by atoms with E-state index in [1.54, 1.807) is 12.1 Å². The van der Waals surface area contributed by atoms with Gasteiger partial charge in [-0.1, -0.05) is 0 Å². The highest BCUT2D eigenvalue weighted by Gasteiger charge is 2.17. The van der Waals surface area contributed by atoms with E-state index in [0.29, 0.717) is 28.9 Å². The molecule has 136 valence electrons. The molecular formula is C16H20FN3O4S. The van der Waals surface area contributed by atoms with Crippen LogP contribution in [-0.2, 0) is 9.22 Å². The van der Waals surface area contributed by atoms with Crippen LogP contribution < -0.4 is 14.8 Å². The van der Waals surface area contributed by atoms with Crippen molar-refractivity contribution in [2.24, 2.45) is 0 Å². The Balaban J connectivity index is 2.27. The number of nitrogens with one attached hydrogen (secondary N) is 1. The molecule has 1 heterocycles. The normalized spacial score (nSPS) is 10.8. The summed E-state index contributed by atoms with van der Waals surface area (Å²) in [4.78, 5) is 13.2. The zero-order chi connectivity index (χ0) is 18.2. The van der Waals surface area contributed by atoms with Gasteiger partial charge in [0.1, 0.15) is 12.1 Å². The third-order valence-corrected chi connectivity index (χ3v) is 3.45. The van der Waals surface area contributed by atoms with Crippen LogP contribution in [0.1, 0.15) is 20.8 Å². The molecule has 0 atom stereocenters. The summed E-state index contributed by atoms with van der Waals surface area (Å²) in [6, 6.07) is 4.57. The van der Waals surface area contributed by atoms with Gasteiger partial charge in [-0.05, 0) is 39.0 Å². The molecule has 2 aromatic rings. The average Bonchev–Trinajstić information content (AvgIpc) is 2.57. The molecule has 0 amide bonds. The molecule has 2 rings (SSSR count). The standard InChI is InChI=1S/C16H20FN3O4S/c1-5-22-14-15(18-9-19-16(14)23-10(2)3)20-13-7-6-11(8-12(13)17)25-24-21-4/h6-10H,5H2,1-4H3,(H,18,19,20). The van der Waals surface area contributed by atoms with E-state index >= 15 is 0 Å². The molecule has 0 saturated heterocycles. The van der Waals surface area contributed by atoms with Gasteiger partial charge in [-0.2, -0.15) is 9.32 Å². The molecule has 0 saturated carbocycles. The lowest BCUT2D eigenvalue weighted by atomic mass is 10.3. The molecule has 0 aliphatic carbocycles. The minimum absolute atomic E-state index is 0.0872. The zero-order valence-electron chi connectivity index (χ0n) is 14.4. The molecule has 0 spiro atoms. The second-order valence-corrected chi connectivity index (χ2v) is 5.82. The Hall–Kier alpha value is -2.10. The smallest absolute Gasteiger partial charge is 0.262 e. The molecule has 1 N–H and O–H groups in total. The van der Waals surface area contributed by atoms with Gasteiger partial charge >= 0.3 is 0 Å². The summed E-state index contributed by atoms with van der Waals surface area (Å²) >= 11 is 0.910. The number of hydrogen-bond donors (Lipinski definition) is 1. The second kappa shape index (κ2) is 9.40. The molecule has 0 bridgehead atoms. The van der Waals surface area contributed by atoms with Crippen molar-refractivity contribution in [1.82, 2.24) is 9.97 Å². The lowest BCUT2D eigenvalue weighted by molar-refractivity contribution is -0.160. The number of hydrogen-bond acceptors (Lipinski definition) is 8. The third kappa shape index (κ3) is 5.45. The fourth-order valence-corrected chi connectivity index (χ4v) is 2.30. The second-order valence-electron chi connectivity index (χ2n) is 5.04. The van der Waals surface area contributed by atoms with Crippen LogP contribution in [0.15, 0.2) is 29.4 Å². The molecule has 9 heteroatoms. The van der Waals surface area contributed by atoms with Crippen LogP contribution in [0.5, 0.6) is 11.6 Å². The van der Waals surface area contributed by atoms with Crippen LogP contribution in [-0.4, -0.2) is 29.8 Å². The number of nitrogens with zero attached hydrogens (tertiary/aromatic N) is 2. The lowest BCUT2D eigenvalue weighted by Gasteiger charge is -2.16. The van der Waals surface area contributed by atoms with Gasteiger partial charge in [0, 0.05) is 4.90 Å². The Morgan fingerprint density at radius 1 is 1.28 bits per heavy atom. The molecule has 25 heavy (non-hydrogen) atoms. The van der Waals surface area contributed by atoms with Crippen molar-refractivity contribution in [2.45, 2.75) is 31.8 Å². The van der Waals surface area contributed by atoms with Gasteiger partial charge in [0.05, 0.1) is 37.6 Å². The highest BCUT2D eigenvalue weighted by molar-refractivity contribution is 7.94. The molecule has 0 radical (unpaired) electrons. The first kappa shape index (κ1) is 19.2. The largest absolute Gasteiger partial charge is 0.486 e. The summed E-state index contributed by atoms with van der Waals surface area (Å²) in [6.45, 7) is 5.98. The maximum absolute atomic E-state index is 14.3. The monoisotopic (exact) mass is 369 g/mol. The van der Waals surface area contributed by atoms with E-state index in [9.17, 15) is 4.39 Å². The number of benzene rings is 1. The van der Waals surface area contributed by atoms with Crippen molar-refractivity contribution in [3.8, 4) is 11.6 Å². The summed E-state index contributed by atoms with van der Waals surface area (Å²) in [6.07, 6.45) is 1.24. The molecule has 1 aromatic carbocycles. The van der Waals surface area contributed by atoms with Crippen LogP contribution in [0.25, 0.3) is 0 Å². The van der Waals surface area contributed by atoms with Crippen LogP contribution >= 0.6 is 12.0 Å². The van der Waals surface area contributed by atoms with Crippen molar-refractivity contribution in [1.29, 1.82) is 0 Å². The zero-order valence-corrected chi connectivity index (χ0v) is 15.2. The lowest BCUT2D eigenvalue weighted by Crippen LogP contribution is -2.11. The number of ether oxygens (including phenoxy) is 2. The van der Waals surface area contributed by atoms with Crippen LogP contribution in [0.4, 0.5) is 15.9 Å². The summed E-state index contributed by atoms with van der Waals surface area (Å²) in [5.74, 6) is 0.478. The quantitative estimate of drug-likeness (QED) is 0.402. The highest BCUT2D eigenvalue weighted by Crippen LogP contribution is 2.35. The summed E-state index contributed by atoms with van der Waals surface area (Å²) in [7, 11) is 1.38. The van der Waals surface area contributed by atoms with E-state index in [-0.39, 0.29) is 11.8 Å². The molecule has 0 aliphatic rings. The Morgan fingerprint density at radius 3 is 2.72 bits per heavy atom. The Labute approximate surface area is 150 Å². The molecular weight excluding hydrogens is 349 g/mol. The number of anilines is 2. The summed E-state index contributed by atoms with van der Waals surface area (Å²) < 4.78 is 30.2. The predicted octanol–water partition coefficient (Wildman–Crippen LogP) is 4.13. The fourth-order valence-electron chi connectivity index (χ4n) is 1.88. The van der Waals surface area contributed by atoms with Crippen molar-refractivity contribution in [3.63, 3.8) is 0 Å². The SMILES string of the molecule is CCOc1c(Nc2ccc(SOOC)cc2F)ncnc1OC(C)C. The van der Waals surface area contributed by atoms with Gasteiger partial charge in [0.15, 0.2) is 5.82 Å². The van der Waals surface area contributed by atoms with E-state index in [1.807, 2.05) is 20.8 Å². The summed E-state index contributed by atoms with van der Waals surface area (Å²) in [5, 5.41) is 2.91. The van der Waals surface area contributed by atoms with Crippen molar-refractivity contribution < 1.29 is 23.1 Å². The Bertz CT molecular complexity index is 703. The number of aromatic nitrogens is 2. The third-order valence-electron chi connectivity index (χ3n) is 2.80. The minimum atomic E-state index is -0.475. The van der Waals surface area contributed by atoms with Gasteiger partial charge < -0.3 is 14.8 Å². The maximum atomic E-state index is 14.3. The fraction of sp³-hybridized carbons (Fsp3) is 0.375. The van der Waals surface area contributed by atoms with Gasteiger partial charge in [-0.3, -0.25) is 0 Å². The Kier molecular flexibility index (Phi) is 7.23. The molecule has 0 aliphatic heterocycles. The van der Waals surface area contributed by atoms with E-state index in [2.05, 4.69) is 20.2 Å². The van der Waals surface area contributed by atoms with Crippen LogP contribution in [0.2, 0.25) is 0 Å². The van der Waals surface area contributed by atoms with Crippen molar-refractivity contribution in [2.75, 3.05) is 19.0 Å². The van der Waals surface area contributed by atoms with E-state index in [1.165, 1.54) is 19.5 Å². The molecule has 0 unspecified atom stereocenters. The molecule has 0 fully saturated rings. The first-order chi connectivity index (χ1) is 12.0. The van der Waals surface area contributed by atoms with E-state index < -0.39 is 5.82 Å². The highest BCUT2D eigenvalue weighted by atomic mass is 32.2. The molecule has 1 aromatic heterocycles. The number of halogens is 1. The van der Waals surface area contributed by atoms with Gasteiger partial charge in [0.2, 0.25) is 5.75 Å². The minimum Gasteiger partial charge on any atom is -0.486 e. The number of rotatable bonds is 9. The Morgan fingerprint density at radius 2 is 2.08 bits per heavy atom. The average molecular weight is 369 g/mol. The van der Waals surface area contributed by atoms with Crippen LogP contribution in [0.3, 0.4) is 0 Å². The van der Waals surface area contributed by atoms with Gasteiger partial charge in [-0.15, -0.1) is 0 Å². The maximum Gasteiger partial charge on any atom is 0.262 e. The topological polar surface area (TPSA) is 74.7 Å². The first-order valence-corrected chi connectivity index (χ1v) is 8.37. The van der Waals surface area contributed by atoms with Crippen molar-refractivity contribution in [3.05, 3.63) is 30.3 Å². The van der Waals surface area contributed by atoms with Gasteiger partial charge in [0.25, 0.3) is 5.88 Å².